The molecule has 0 aromatic heterocycles. The standard InChI is InChI=1S/C17H23F3N4O.HI/c1-2-21-17(23-11-6-4-3-5-7-11)22-10-14(25)24-13-9-8-12(18)15(19)16(13)20;/h8-9,11H,2-7,10H2,1H3,(H,24,25)(H2,21,22,23);1H. The van der Waals surface area contributed by atoms with Gasteiger partial charge in [-0.05, 0) is 31.9 Å². The molecule has 2 rings (SSSR count). The summed E-state index contributed by atoms with van der Waals surface area (Å²) >= 11 is 0. The van der Waals surface area contributed by atoms with Crippen molar-refractivity contribution in [2.24, 2.45) is 4.99 Å². The molecule has 0 aliphatic heterocycles. The normalized spacial score (nSPS) is 15.2. The Morgan fingerprint density at radius 1 is 1.15 bits per heavy atom. The third-order valence-electron chi connectivity index (χ3n) is 3.98. The van der Waals surface area contributed by atoms with E-state index in [4.69, 9.17) is 0 Å². The quantitative estimate of drug-likeness (QED) is 0.259. The molecule has 1 fully saturated rings. The minimum absolute atomic E-state index is 0. The first kappa shape index (κ1) is 22.5. The van der Waals surface area contributed by atoms with Crippen LogP contribution in [0.15, 0.2) is 17.1 Å². The van der Waals surface area contributed by atoms with Gasteiger partial charge in [0.15, 0.2) is 23.4 Å². The molecule has 146 valence electrons. The van der Waals surface area contributed by atoms with Crippen LogP contribution >= 0.6 is 24.0 Å². The van der Waals surface area contributed by atoms with Crippen molar-refractivity contribution in [1.82, 2.24) is 10.6 Å². The number of aliphatic imine (C=N–C) groups is 1. The number of benzene rings is 1. The molecule has 9 heteroatoms. The number of nitrogens with one attached hydrogen (secondary N) is 3. The van der Waals surface area contributed by atoms with Gasteiger partial charge in [0.1, 0.15) is 6.54 Å². The molecule has 1 aromatic rings. The molecular weight excluding hydrogens is 460 g/mol. The Kier molecular flexibility index (Phi) is 9.74. The van der Waals surface area contributed by atoms with Gasteiger partial charge >= 0.3 is 0 Å². The van der Waals surface area contributed by atoms with Crippen LogP contribution in [0.2, 0.25) is 0 Å². The summed E-state index contributed by atoms with van der Waals surface area (Å²) in [6.07, 6.45) is 5.65. The Morgan fingerprint density at radius 3 is 2.50 bits per heavy atom. The van der Waals surface area contributed by atoms with Crippen molar-refractivity contribution < 1.29 is 18.0 Å². The number of hydrogen-bond acceptors (Lipinski definition) is 2. The third kappa shape index (κ3) is 6.65. The number of carbonyl (C=O) groups is 1. The minimum atomic E-state index is -1.62. The van der Waals surface area contributed by atoms with Crippen molar-refractivity contribution in [3.05, 3.63) is 29.6 Å². The highest BCUT2D eigenvalue weighted by atomic mass is 127. The second-order valence-corrected chi connectivity index (χ2v) is 5.95. The molecule has 1 aromatic carbocycles. The molecule has 0 atom stereocenters. The third-order valence-corrected chi connectivity index (χ3v) is 3.98. The number of guanidine groups is 1. The van der Waals surface area contributed by atoms with E-state index >= 15 is 0 Å². The van der Waals surface area contributed by atoms with Crippen LogP contribution in [0.25, 0.3) is 0 Å². The van der Waals surface area contributed by atoms with Crippen LogP contribution in [0.1, 0.15) is 39.0 Å². The van der Waals surface area contributed by atoms with E-state index in [0.717, 1.165) is 37.8 Å². The lowest BCUT2D eigenvalue weighted by molar-refractivity contribution is -0.114. The van der Waals surface area contributed by atoms with Crippen LogP contribution in [0.5, 0.6) is 0 Å². The lowest BCUT2D eigenvalue weighted by Crippen LogP contribution is -2.44. The van der Waals surface area contributed by atoms with Gasteiger partial charge in [-0.2, -0.15) is 0 Å². The SMILES string of the molecule is CCNC(=NCC(=O)Nc1ccc(F)c(F)c1F)NC1CCCCC1.I. The summed E-state index contributed by atoms with van der Waals surface area (Å²) in [4.78, 5) is 16.1. The summed E-state index contributed by atoms with van der Waals surface area (Å²) in [5, 5.41) is 8.53. The molecule has 0 bridgehead atoms. The summed E-state index contributed by atoms with van der Waals surface area (Å²) < 4.78 is 39.6. The number of hydrogen-bond donors (Lipinski definition) is 3. The predicted octanol–water partition coefficient (Wildman–Crippen LogP) is 3.55. The fourth-order valence-electron chi connectivity index (χ4n) is 2.72. The Hall–Kier alpha value is -1.52. The van der Waals surface area contributed by atoms with Crippen LogP contribution in [0, 0.1) is 17.5 Å². The van der Waals surface area contributed by atoms with Crippen LogP contribution in [-0.4, -0.2) is 31.0 Å². The van der Waals surface area contributed by atoms with Gasteiger partial charge < -0.3 is 16.0 Å². The second kappa shape index (κ2) is 11.2. The van der Waals surface area contributed by atoms with Crippen LogP contribution in [0.4, 0.5) is 18.9 Å². The van der Waals surface area contributed by atoms with Gasteiger partial charge in [0.25, 0.3) is 0 Å². The van der Waals surface area contributed by atoms with Crippen LogP contribution in [0.3, 0.4) is 0 Å². The molecule has 0 spiro atoms. The van der Waals surface area contributed by atoms with Gasteiger partial charge in [0.2, 0.25) is 5.91 Å². The number of halogens is 4. The van der Waals surface area contributed by atoms with Crippen molar-refractivity contribution in [3.63, 3.8) is 0 Å². The van der Waals surface area contributed by atoms with Gasteiger partial charge in [-0.15, -0.1) is 24.0 Å². The maximum atomic E-state index is 13.6. The van der Waals surface area contributed by atoms with Crippen molar-refractivity contribution in [3.8, 4) is 0 Å². The molecule has 5 nitrogen and oxygen atoms in total. The van der Waals surface area contributed by atoms with E-state index in [-0.39, 0.29) is 30.5 Å². The maximum absolute atomic E-state index is 13.6. The first-order valence-corrected chi connectivity index (χ1v) is 8.49. The number of rotatable bonds is 5. The largest absolute Gasteiger partial charge is 0.357 e. The van der Waals surface area contributed by atoms with Crippen molar-refractivity contribution in [2.75, 3.05) is 18.4 Å². The van der Waals surface area contributed by atoms with Gasteiger partial charge in [-0.25, -0.2) is 18.2 Å². The Bertz CT molecular complexity index is 637. The van der Waals surface area contributed by atoms with E-state index in [9.17, 15) is 18.0 Å². The molecule has 0 radical (unpaired) electrons. The molecule has 1 amide bonds. The summed E-state index contributed by atoms with van der Waals surface area (Å²) in [6, 6.07) is 2.05. The van der Waals surface area contributed by atoms with Crippen molar-refractivity contribution in [1.29, 1.82) is 0 Å². The average Bonchev–Trinajstić information content (AvgIpc) is 2.61. The molecule has 26 heavy (non-hydrogen) atoms. The van der Waals surface area contributed by atoms with Crippen LogP contribution in [-0.2, 0) is 4.79 Å². The number of amides is 1. The topological polar surface area (TPSA) is 65.5 Å². The van der Waals surface area contributed by atoms with Gasteiger partial charge in [0.05, 0.1) is 5.69 Å². The molecule has 0 saturated heterocycles. The molecule has 3 N–H and O–H groups in total. The lowest BCUT2D eigenvalue weighted by Gasteiger charge is -2.24. The number of anilines is 1. The van der Waals surface area contributed by atoms with E-state index in [0.29, 0.717) is 18.5 Å². The molecule has 1 aliphatic carbocycles. The molecular formula is C17H24F3IN4O. The highest BCUT2D eigenvalue weighted by molar-refractivity contribution is 14.0. The van der Waals surface area contributed by atoms with Crippen molar-refractivity contribution >= 4 is 41.5 Å². The monoisotopic (exact) mass is 484 g/mol. The maximum Gasteiger partial charge on any atom is 0.246 e. The first-order valence-electron chi connectivity index (χ1n) is 8.49. The van der Waals surface area contributed by atoms with Gasteiger partial charge in [0, 0.05) is 12.6 Å². The fraction of sp³-hybridized carbons (Fsp3) is 0.529. The number of carbonyl (C=O) groups excluding carboxylic acids is 1. The Morgan fingerprint density at radius 2 is 1.85 bits per heavy atom. The molecule has 0 heterocycles. The zero-order valence-corrected chi connectivity index (χ0v) is 16.9. The Balaban J connectivity index is 0.00000338. The average molecular weight is 484 g/mol. The van der Waals surface area contributed by atoms with Crippen molar-refractivity contribution in [2.45, 2.75) is 45.1 Å². The highest BCUT2D eigenvalue weighted by Crippen LogP contribution is 2.19. The summed E-state index contributed by atoms with van der Waals surface area (Å²) in [5.41, 5.74) is -0.413. The van der Waals surface area contributed by atoms with E-state index in [2.05, 4.69) is 20.9 Å². The molecule has 1 aliphatic rings. The van der Waals surface area contributed by atoms with E-state index in [1.807, 2.05) is 6.92 Å². The minimum Gasteiger partial charge on any atom is -0.357 e. The predicted molar refractivity (Wildman–Crippen MR) is 106 cm³/mol. The first-order chi connectivity index (χ1) is 12.0. The summed E-state index contributed by atoms with van der Waals surface area (Å²) in [7, 11) is 0. The summed E-state index contributed by atoms with van der Waals surface area (Å²) in [6.45, 7) is 2.28. The van der Waals surface area contributed by atoms with E-state index < -0.39 is 29.0 Å². The fourth-order valence-corrected chi connectivity index (χ4v) is 2.72. The van der Waals surface area contributed by atoms with Crippen LogP contribution < -0.4 is 16.0 Å². The molecule has 1 saturated carbocycles. The van der Waals surface area contributed by atoms with Gasteiger partial charge in [-0.3, -0.25) is 4.79 Å². The zero-order chi connectivity index (χ0) is 18.2. The van der Waals surface area contributed by atoms with Gasteiger partial charge in [-0.1, -0.05) is 19.3 Å². The molecule has 0 unspecified atom stereocenters. The second-order valence-electron chi connectivity index (χ2n) is 5.95. The highest BCUT2D eigenvalue weighted by Gasteiger charge is 2.16. The summed E-state index contributed by atoms with van der Waals surface area (Å²) in [5.74, 6) is -4.46. The number of nitrogens with zero attached hydrogens (tertiary/aromatic N) is 1. The van der Waals surface area contributed by atoms with E-state index in [1.54, 1.807) is 0 Å². The zero-order valence-electron chi connectivity index (χ0n) is 14.6. The van der Waals surface area contributed by atoms with E-state index in [1.165, 1.54) is 6.42 Å². The Labute approximate surface area is 168 Å². The lowest BCUT2D eigenvalue weighted by atomic mass is 9.96. The smallest absolute Gasteiger partial charge is 0.246 e.